The molecule has 0 spiro atoms. The number of esters is 1. The largest absolute Gasteiger partial charge is 0.462 e. The van der Waals surface area contributed by atoms with Gasteiger partial charge in [0, 0.05) is 6.42 Å². The second kappa shape index (κ2) is 52.8. The highest BCUT2D eigenvalue weighted by molar-refractivity contribution is 5.77. The van der Waals surface area contributed by atoms with Gasteiger partial charge >= 0.3 is 5.97 Å². The molecule has 0 radical (unpaired) electrons. The molecule has 382 valence electrons. The second-order valence-corrected chi connectivity index (χ2v) is 20.4. The van der Waals surface area contributed by atoms with Crippen LogP contribution in [-0.2, 0) is 14.3 Å². The van der Waals surface area contributed by atoms with E-state index in [2.05, 4.69) is 26.1 Å². The molecule has 1 amide bonds. The predicted molar refractivity (Wildman–Crippen MR) is 278 cm³/mol. The highest BCUT2D eigenvalue weighted by Gasteiger charge is 2.24. The maximum Gasteiger partial charge on any atom is 0.306 e. The van der Waals surface area contributed by atoms with Gasteiger partial charge in [0.15, 0.2) is 0 Å². The molecule has 0 rings (SSSR count). The SMILES string of the molecule is CCCCCCCCCCCCCCCCCCC(=O)OC(CCCCCCCCCCCCCCCC)CC(=O)NC(CO)C(O)CCCCCCCCCCCCCCCCC. The summed E-state index contributed by atoms with van der Waals surface area (Å²) in [5.74, 6) is -0.444. The summed E-state index contributed by atoms with van der Waals surface area (Å²) in [6.45, 7) is 6.54. The molecule has 0 heterocycles. The normalized spacial score (nSPS) is 13.0. The lowest BCUT2D eigenvalue weighted by molar-refractivity contribution is -0.151. The van der Waals surface area contributed by atoms with Gasteiger partial charge in [-0.2, -0.15) is 0 Å². The van der Waals surface area contributed by atoms with Crippen molar-refractivity contribution >= 4 is 11.9 Å². The van der Waals surface area contributed by atoms with E-state index in [0.29, 0.717) is 19.3 Å². The van der Waals surface area contributed by atoms with Gasteiger partial charge < -0.3 is 20.3 Å². The van der Waals surface area contributed by atoms with Crippen LogP contribution in [0.2, 0.25) is 0 Å². The topological polar surface area (TPSA) is 95.9 Å². The molecule has 3 N–H and O–H groups in total. The zero-order valence-electron chi connectivity index (χ0n) is 43.7. The van der Waals surface area contributed by atoms with Crippen LogP contribution in [0.5, 0.6) is 0 Å². The second-order valence-electron chi connectivity index (χ2n) is 20.4. The minimum Gasteiger partial charge on any atom is -0.462 e. The average Bonchev–Trinajstić information content (AvgIpc) is 3.29. The Labute approximate surface area is 400 Å². The van der Waals surface area contributed by atoms with Crippen LogP contribution in [0, 0.1) is 0 Å². The zero-order chi connectivity index (χ0) is 46.7. The summed E-state index contributed by atoms with van der Waals surface area (Å²) in [5.41, 5.74) is 0. The van der Waals surface area contributed by atoms with Gasteiger partial charge in [0.05, 0.1) is 25.2 Å². The van der Waals surface area contributed by atoms with E-state index >= 15 is 0 Å². The molecule has 0 aliphatic rings. The Bertz CT molecular complexity index is 928. The van der Waals surface area contributed by atoms with Crippen LogP contribution in [0.1, 0.15) is 335 Å². The number of aliphatic hydroxyl groups is 2. The summed E-state index contributed by atoms with van der Waals surface area (Å²) in [6.07, 6.45) is 58.8. The fourth-order valence-electron chi connectivity index (χ4n) is 9.49. The summed E-state index contributed by atoms with van der Waals surface area (Å²) in [4.78, 5) is 26.3. The first-order chi connectivity index (χ1) is 31.5. The number of unbranched alkanes of at least 4 members (excludes halogenated alkanes) is 42. The molecule has 0 saturated heterocycles. The van der Waals surface area contributed by atoms with Gasteiger partial charge in [-0.05, 0) is 25.7 Å². The summed E-state index contributed by atoms with van der Waals surface area (Å²) in [7, 11) is 0. The molecular weight excluding hydrogens is 791 g/mol. The Morgan fingerprint density at radius 1 is 0.391 bits per heavy atom. The van der Waals surface area contributed by atoms with Crippen LogP contribution in [0.25, 0.3) is 0 Å². The highest BCUT2D eigenvalue weighted by atomic mass is 16.5. The number of hydrogen-bond donors (Lipinski definition) is 3. The molecule has 6 heteroatoms. The van der Waals surface area contributed by atoms with E-state index in [1.165, 1.54) is 250 Å². The maximum atomic E-state index is 13.3. The van der Waals surface area contributed by atoms with E-state index in [9.17, 15) is 19.8 Å². The van der Waals surface area contributed by atoms with Gasteiger partial charge in [-0.3, -0.25) is 9.59 Å². The number of carbonyl (C=O) groups excluding carboxylic acids is 2. The van der Waals surface area contributed by atoms with Gasteiger partial charge in [-0.1, -0.05) is 297 Å². The predicted octanol–water partition coefficient (Wildman–Crippen LogP) is 17.9. The van der Waals surface area contributed by atoms with Crippen molar-refractivity contribution in [3.63, 3.8) is 0 Å². The van der Waals surface area contributed by atoms with E-state index in [1.54, 1.807) is 0 Å². The Kier molecular flexibility index (Phi) is 51.9. The molecule has 0 bridgehead atoms. The van der Waals surface area contributed by atoms with Crippen LogP contribution >= 0.6 is 0 Å². The van der Waals surface area contributed by atoms with Crippen molar-refractivity contribution in [1.29, 1.82) is 0 Å². The Morgan fingerprint density at radius 3 is 0.953 bits per heavy atom. The molecule has 6 nitrogen and oxygen atoms in total. The van der Waals surface area contributed by atoms with Crippen LogP contribution in [0.3, 0.4) is 0 Å². The van der Waals surface area contributed by atoms with E-state index < -0.39 is 18.2 Å². The summed E-state index contributed by atoms with van der Waals surface area (Å²) in [6, 6.07) is -0.693. The molecular formula is C58H115NO5. The first kappa shape index (κ1) is 62.9. The number of aliphatic hydroxyl groups excluding tert-OH is 2. The number of ether oxygens (including phenoxy) is 1. The minimum absolute atomic E-state index is 0.0886. The Hall–Kier alpha value is -1.14. The molecule has 0 aromatic rings. The maximum absolute atomic E-state index is 13.3. The van der Waals surface area contributed by atoms with Gasteiger partial charge in [0.1, 0.15) is 6.10 Å². The molecule has 0 aliphatic heterocycles. The number of hydrogen-bond acceptors (Lipinski definition) is 5. The fraction of sp³-hybridized carbons (Fsp3) is 0.966. The highest BCUT2D eigenvalue weighted by Crippen LogP contribution is 2.19. The van der Waals surface area contributed by atoms with Crippen molar-refractivity contribution in [3.8, 4) is 0 Å². The number of carbonyl (C=O) groups is 2. The Balaban J connectivity index is 4.47. The fourth-order valence-corrected chi connectivity index (χ4v) is 9.49. The molecule has 0 saturated carbocycles. The van der Waals surface area contributed by atoms with E-state index in [0.717, 1.165) is 38.5 Å². The van der Waals surface area contributed by atoms with Crippen molar-refractivity contribution in [1.82, 2.24) is 5.32 Å². The standard InChI is InChI=1S/C58H115NO5/c1-4-7-10-13-16-19-22-25-28-30-33-36-39-42-45-48-51-58(63)64-54(49-46-43-40-37-34-31-27-24-21-18-15-12-9-6-3)52-57(62)59-55(53-60)56(61)50-47-44-41-38-35-32-29-26-23-20-17-14-11-8-5-2/h54-56,60-61H,4-53H2,1-3H3,(H,59,62). The third kappa shape index (κ3) is 47.4. The third-order valence-corrected chi connectivity index (χ3v) is 13.9. The molecule has 0 fully saturated rings. The third-order valence-electron chi connectivity index (χ3n) is 13.9. The summed E-state index contributed by atoms with van der Waals surface area (Å²) in [5, 5.41) is 23.9. The molecule has 64 heavy (non-hydrogen) atoms. The molecule has 0 aromatic heterocycles. The van der Waals surface area contributed by atoms with Crippen LogP contribution in [-0.4, -0.2) is 46.9 Å². The van der Waals surface area contributed by atoms with Gasteiger partial charge in [0.25, 0.3) is 0 Å². The first-order valence-corrected chi connectivity index (χ1v) is 29.3. The van der Waals surface area contributed by atoms with Crippen molar-refractivity contribution in [2.24, 2.45) is 0 Å². The van der Waals surface area contributed by atoms with E-state index in [1.807, 2.05) is 0 Å². The van der Waals surface area contributed by atoms with Crippen molar-refractivity contribution in [3.05, 3.63) is 0 Å². The molecule has 3 unspecified atom stereocenters. The monoisotopic (exact) mass is 906 g/mol. The van der Waals surface area contributed by atoms with E-state index in [-0.39, 0.29) is 24.9 Å². The number of rotatable bonds is 54. The zero-order valence-corrected chi connectivity index (χ0v) is 43.7. The summed E-state index contributed by atoms with van der Waals surface area (Å²) < 4.78 is 5.97. The van der Waals surface area contributed by atoms with Crippen LogP contribution in [0.15, 0.2) is 0 Å². The van der Waals surface area contributed by atoms with Crippen molar-refractivity contribution in [2.75, 3.05) is 6.61 Å². The Morgan fingerprint density at radius 2 is 0.656 bits per heavy atom. The quantitative estimate of drug-likeness (QED) is 0.0417. The van der Waals surface area contributed by atoms with Gasteiger partial charge in [0.2, 0.25) is 5.91 Å². The van der Waals surface area contributed by atoms with Crippen molar-refractivity contribution < 1.29 is 24.5 Å². The van der Waals surface area contributed by atoms with Crippen LogP contribution in [0.4, 0.5) is 0 Å². The lowest BCUT2D eigenvalue weighted by Crippen LogP contribution is -2.46. The lowest BCUT2D eigenvalue weighted by Gasteiger charge is -2.24. The average molecular weight is 907 g/mol. The molecule has 3 atom stereocenters. The lowest BCUT2D eigenvalue weighted by atomic mass is 10.0. The molecule has 0 aliphatic carbocycles. The molecule has 0 aromatic carbocycles. The van der Waals surface area contributed by atoms with Crippen molar-refractivity contribution in [2.45, 2.75) is 354 Å². The summed E-state index contributed by atoms with van der Waals surface area (Å²) >= 11 is 0. The number of amides is 1. The van der Waals surface area contributed by atoms with E-state index in [4.69, 9.17) is 4.74 Å². The smallest absolute Gasteiger partial charge is 0.306 e. The number of nitrogens with one attached hydrogen (secondary N) is 1. The minimum atomic E-state index is -0.780. The van der Waals surface area contributed by atoms with Crippen LogP contribution < -0.4 is 5.32 Å². The van der Waals surface area contributed by atoms with Gasteiger partial charge in [-0.25, -0.2) is 0 Å². The first-order valence-electron chi connectivity index (χ1n) is 29.3. The van der Waals surface area contributed by atoms with Gasteiger partial charge in [-0.15, -0.1) is 0 Å².